The van der Waals surface area contributed by atoms with Crippen molar-refractivity contribution in [3.63, 3.8) is 0 Å². The molecule has 0 saturated heterocycles. The number of benzene rings is 1. The Morgan fingerprint density at radius 1 is 1.10 bits per heavy atom. The van der Waals surface area contributed by atoms with E-state index in [2.05, 4.69) is 56.4 Å². The van der Waals surface area contributed by atoms with Gasteiger partial charge in [-0.25, -0.2) is 0 Å². The standard InChI is InChI=1S/C19H33NO/c1-5-8-12-16(6-2)15-18(20-7-3)19(21-4)17-13-10-9-11-14-17/h9-11,13-14,16,18-20H,5-8,12,15H2,1-4H3. The number of unbranched alkanes of at least 4 members (excludes halogenated alkanes) is 1. The van der Waals surface area contributed by atoms with E-state index in [0.29, 0.717) is 6.04 Å². The molecule has 1 rings (SSSR count). The van der Waals surface area contributed by atoms with Gasteiger partial charge in [0.05, 0.1) is 6.10 Å². The molecule has 120 valence electrons. The number of ether oxygens (including phenoxy) is 1. The number of hydrogen-bond donors (Lipinski definition) is 1. The van der Waals surface area contributed by atoms with E-state index in [1.165, 1.54) is 37.7 Å². The van der Waals surface area contributed by atoms with Crippen LogP contribution < -0.4 is 5.32 Å². The van der Waals surface area contributed by atoms with Crippen LogP contribution in [0.2, 0.25) is 0 Å². The highest BCUT2D eigenvalue weighted by Gasteiger charge is 2.24. The Morgan fingerprint density at radius 3 is 2.33 bits per heavy atom. The number of hydrogen-bond acceptors (Lipinski definition) is 2. The first-order valence-corrected chi connectivity index (χ1v) is 8.57. The van der Waals surface area contributed by atoms with Crippen LogP contribution in [0, 0.1) is 5.92 Å². The molecule has 3 unspecified atom stereocenters. The van der Waals surface area contributed by atoms with Gasteiger partial charge < -0.3 is 10.1 Å². The van der Waals surface area contributed by atoms with Crippen molar-refractivity contribution in [2.45, 2.75) is 65.0 Å². The van der Waals surface area contributed by atoms with Gasteiger partial charge in [-0.3, -0.25) is 0 Å². The normalized spacial score (nSPS) is 15.6. The molecule has 0 saturated carbocycles. The number of nitrogens with one attached hydrogen (secondary N) is 1. The quantitative estimate of drug-likeness (QED) is 0.622. The smallest absolute Gasteiger partial charge is 0.0974 e. The van der Waals surface area contributed by atoms with Crippen LogP contribution >= 0.6 is 0 Å². The first-order chi connectivity index (χ1) is 10.3. The third kappa shape index (κ3) is 6.19. The minimum Gasteiger partial charge on any atom is -0.375 e. The molecule has 0 heterocycles. The fourth-order valence-electron chi connectivity index (χ4n) is 3.09. The molecular weight excluding hydrogens is 258 g/mol. The third-order valence-corrected chi connectivity index (χ3v) is 4.34. The SMILES string of the molecule is CCCCC(CC)CC(NCC)C(OC)c1ccccc1. The molecule has 0 bridgehead atoms. The Kier molecular flexibility index (Phi) is 9.36. The number of methoxy groups -OCH3 is 1. The van der Waals surface area contributed by atoms with Crippen LogP contribution in [0.25, 0.3) is 0 Å². The van der Waals surface area contributed by atoms with Gasteiger partial charge in [-0.05, 0) is 24.4 Å². The van der Waals surface area contributed by atoms with E-state index in [1.807, 2.05) is 7.11 Å². The van der Waals surface area contributed by atoms with Crippen molar-refractivity contribution in [3.8, 4) is 0 Å². The lowest BCUT2D eigenvalue weighted by atomic mass is 9.88. The van der Waals surface area contributed by atoms with Gasteiger partial charge in [-0.1, -0.05) is 76.8 Å². The predicted octanol–water partition coefficient (Wildman–Crippen LogP) is 4.96. The van der Waals surface area contributed by atoms with Crippen molar-refractivity contribution in [3.05, 3.63) is 35.9 Å². The van der Waals surface area contributed by atoms with Gasteiger partial charge in [0, 0.05) is 13.2 Å². The molecule has 1 aromatic rings. The summed E-state index contributed by atoms with van der Waals surface area (Å²) in [6, 6.07) is 11.0. The van der Waals surface area contributed by atoms with E-state index in [0.717, 1.165) is 12.5 Å². The lowest BCUT2D eigenvalue weighted by molar-refractivity contribution is 0.0584. The Bertz CT molecular complexity index is 352. The fourth-order valence-corrected chi connectivity index (χ4v) is 3.09. The lowest BCUT2D eigenvalue weighted by Gasteiger charge is -2.30. The summed E-state index contributed by atoms with van der Waals surface area (Å²) in [5.41, 5.74) is 1.27. The average molecular weight is 291 g/mol. The van der Waals surface area contributed by atoms with E-state index in [1.54, 1.807) is 0 Å². The Balaban J connectivity index is 2.77. The molecule has 0 spiro atoms. The molecular formula is C19H33NO. The van der Waals surface area contributed by atoms with Gasteiger partial charge in [-0.15, -0.1) is 0 Å². The Labute approximate surface area is 131 Å². The van der Waals surface area contributed by atoms with Crippen LogP contribution in [0.4, 0.5) is 0 Å². The molecule has 0 aromatic heterocycles. The summed E-state index contributed by atoms with van der Waals surface area (Å²) in [4.78, 5) is 0. The maximum atomic E-state index is 5.84. The van der Waals surface area contributed by atoms with Gasteiger partial charge >= 0.3 is 0 Å². The summed E-state index contributed by atoms with van der Waals surface area (Å²) in [6.45, 7) is 7.75. The molecule has 1 N–H and O–H groups in total. The summed E-state index contributed by atoms with van der Waals surface area (Å²) in [5, 5.41) is 3.65. The summed E-state index contributed by atoms with van der Waals surface area (Å²) in [5.74, 6) is 0.787. The Morgan fingerprint density at radius 2 is 1.81 bits per heavy atom. The highest BCUT2D eigenvalue weighted by Crippen LogP contribution is 2.28. The summed E-state index contributed by atoms with van der Waals surface area (Å²) in [7, 11) is 1.83. The molecule has 0 radical (unpaired) electrons. The lowest BCUT2D eigenvalue weighted by Crippen LogP contribution is -2.37. The van der Waals surface area contributed by atoms with Crippen molar-refractivity contribution in [2.24, 2.45) is 5.92 Å². The molecule has 0 aliphatic carbocycles. The van der Waals surface area contributed by atoms with E-state index in [-0.39, 0.29) is 6.10 Å². The summed E-state index contributed by atoms with van der Waals surface area (Å²) < 4.78 is 5.84. The van der Waals surface area contributed by atoms with E-state index in [4.69, 9.17) is 4.74 Å². The minimum absolute atomic E-state index is 0.141. The topological polar surface area (TPSA) is 21.3 Å². The molecule has 1 aromatic carbocycles. The molecule has 3 atom stereocenters. The van der Waals surface area contributed by atoms with Crippen molar-refractivity contribution >= 4 is 0 Å². The monoisotopic (exact) mass is 291 g/mol. The molecule has 0 aliphatic heterocycles. The Hall–Kier alpha value is -0.860. The van der Waals surface area contributed by atoms with Crippen molar-refractivity contribution in [2.75, 3.05) is 13.7 Å². The molecule has 21 heavy (non-hydrogen) atoms. The van der Waals surface area contributed by atoms with Gasteiger partial charge in [0.1, 0.15) is 0 Å². The van der Waals surface area contributed by atoms with Gasteiger partial charge in [0.15, 0.2) is 0 Å². The maximum absolute atomic E-state index is 5.84. The molecule has 2 nitrogen and oxygen atoms in total. The van der Waals surface area contributed by atoms with Crippen LogP contribution in [0.1, 0.15) is 64.5 Å². The summed E-state index contributed by atoms with van der Waals surface area (Å²) in [6.07, 6.45) is 6.54. The second-order valence-corrected chi connectivity index (χ2v) is 5.88. The second-order valence-electron chi connectivity index (χ2n) is 5.88. The summed E-state index contributed by atoms with van der Waals surface area (Å²) >= 11 is 0. The largest absolute Gasteiger partial charge is 0.375 e. The highest BCUT2D eigenvalue weighted by atomic mass is 16.5. The van der Waals surface area contributed by atoms with Crippen LogP contribution in [0.5, 0.6) is 0 Å². The fraction of sp³-hybridized carbons (Fsp3) is 0.684. The van der Waals surface area contributed by atoms with Crippen LogP contribution in [-0.4, -0.2) is 19.7 Å². The first kappa shape index (κ1) is 18.2. The zero-order valence-electron chi connectivity index (χ0n) is 14.3. The predicted molar refractivity (Wildman–Crippen MR) is 91.6 cm³/mol. The molecule has 0 aliphatic rings. The van der Waals surface area contributed by atoms with Crippen LogP contribution in [-0.2, 0) is 4.74 Å². The van der Waals surface area contributed by atoms with E-state index < -0.39 is 0 Å². The van der Waals surface area contributed by atoms with Crippen molar-refractivity contribution < 1.29 is 4.74 Å². The van der Waals surface area contributed by atoms with Gasteiger partial charge in [0.25, 0.3) is 0 Å². The van der Waals surface area contributed by atoms with Crippen molar-refractivity contribution in [1.29, 1.82) is 0 Å². The van der Waals surface area contributed by atoms with Crippen LogP contribution in [0.15, 0.2) is 30.3 Å². The number of rotatable bonds is 11. The zero-order chi connectivity index (χ0) is 15.5. The van der Waals surface area contributed by atoms with E-state index in [9.17, 15) is 0 Å². The highest BCUT2D eigenvalue weighted by molar-refractivity contribution is 5.19. The van der Waals surface area contributed by atoms with Crippen molar-refractivity contribution in [1.82, 2.24) is 5.32 Å². The van der Waals surface area contributed by atoms with Gasteiger partial charge in [0.2, 0.25) is 0 Å². The second kappa shape index (κ2) is 10.8. The molecule has 0 amide bonds. The van der Waals surface area contributed by atoms with Crippen LogP contribution in [0.3, 0.4) is 0 Å². The third-order valence-electron chi connectivity index (χ3n) is 4.34. The minimum atomic E-state index is 0.141. The van der Waals surface area contributed by atoms with E-state index >= 15 is 0 Å². The molecule has 2 heteroatoms. The first-order valence-electron chi connectivity index (χ1n) is 8.57. The zero-order valence-corrected chi connectivity index (χ0v) is 14.3. The average Bonchev–Trinajstić information content (AvgIpc) is 2.53. The number of likely N-dealkylation sites (N-methyl/N-ethyl adjacent to an activating group) is 1. The van der Waals surface area contributed by atoms with Gasteiger partial charge in [-0.2, -0.15) is 0 Å². The molecule has 0 fully saturated rings. The maximum Gasteiger partial charge on any atom is 0.0974 e.